The van der Waals surface area contributed by atoms with E-state index in [9.17, 15) is 9.59 Å². The third-order valence-electron chi connectivity index (χ3n) is 6.22. The van der Waals surface area contributed by atoms with Gasteiger partial charge in [0.1, 0.15) is 10.8 Å². The van der Waals surface area contributed by atoms with Crippen LogP contribution in [0.2, 0.25) is 5.15 Å². The van der Waals surface area contributed by atoms with Crippen molar-refractivity contribution in [2.75, 3.05) is 13.1 Å². The van der Waals surface area contributed by atoms with Crippen molar-refractivity contribution in [2.45, 2.75) is 65.0 Å². The Morgan fingerprint density at radius 3 is 2.59 bits per heavy atom. The fourth-order valence-corrected chi connectivity index (χ4v) is 5.15. The molecule has 4 heterocycles. The van der Waals surface area contributed by atoms with E-state index >= 15 is 0 Å². The molecule has 2 aromatic heterocycles. The molecule has 0 saturated carbocycles. The summed E-state index contributed by atoms with van der Waals surface area (Å²) < 4.78 is 7.60. The number of carbonyl (C=O) groups is 2. The number of carbonyl (C=O) groups excluding carboxylic acids is 2. The Morgan fingerprint density at radius 1 is 1.25 bits per heavy atom. The van der Waals surface area contributed by atoms with Gasteiger partial charge >= 0.3 is 6.09 Å². The van der Waals surface area contributed by atoms with Crippen molar-refractivity contribution in [1.82, 2.24) is 19.8 Å². The molecule has 32 heavy (non-hydrogen) atoms. The number of amides is 2. The van der Waals surface area contributed by atoms with Gasteiger partial charge in [-0.2, -0.15) is 0 Å². The first-order valence-corrected chi connectivity index (χ1v) is 11.6. The second-order valence-corrected chi connectivity index (χ2v) is 10.0. The number of nitrogens with one attached hydrogen (secondary N) is 1. The highest BCUT2D eigenvalue weighted by molar-refractivity contribution is 6.29. The predicted octanol–water partition coefficient (Wildman–Crippen LogP) is 4.14. The van der Waals surface area contributed by atoms with E-state index in [1.807, 2.05) is 53.9 Å². The average molecular weight is 459 g/mol. The lowest BCUT2D eigenvalue weighted by Gasteiger charge is -2.51. The third kappa shape index (κ3) is 3.66. The first kappa shape index (κ1) is 22.6. The minimum atomic E-state index is -0.538. The van der Waals surface area contributed by atoms with Crippen LogP contribution in [-0.2, 0) is 31.0 Å². The molecule has 1 fully saturated rings. The summed E-state index contributed by atoms with van der Waals surface area (Å²) in [5.41, 5.74) is 5.18. The molecule has 172 valence electrons. The maximum atomic E-state index is 13.2. The van der Waals surface area contributed by atoms with Crippen molar-refractivity contribution < 1.29 is 14.3 Å². The minimum Gasteiger partial charge on any atom is -0.444 e. The number of likely N-dealkylation sites (tertiary alicyclic amines) is 1. The van der Waals surface area contributed by atoms with Crippen LogP contribution in [-0.4, -0.2) is 50.7 Å². The highest BCUT2D eigenvalue weighted by Crippen LogP contribution is 2.42. The van der Waals surface area contributed by atoms with E-state index in [1.165, 1.54) is 0 Å². The van der Waals surface area contributed by atoms with Crippen LogP contribution in [0.15, 0.2) is 12.3 Å². The van der Waals surface area contributed by atoms with Gasteiger partial charge in [0.15, 0.2) is 0 Å². The molecule has 7 nitrogen and oxygen atoms in total. The van der Waals surface area contributed by atoms with E-state index in [0.29, 0.717) is 24.7 Å². The Hall–Kier alpha value is -2.54. The summed E-state index contributed by atoms with van der Waals surface area (Å²) in [6.45, 7) is 10.5. The molecular weight excluding hydrogens is 428 g/mol. The molecule has 2 amide bonds. The van der Waals surface area contributed by atoms with Crippen molar-refractivity contribution in [3.63, 3.8) is 0 Å². The van der Waals surface area contributed by atoms with Crippen LogP contribution < -0.4 is 5.32 Å². The summed E-state index contributed by atoms with van der Waals surface area (Å²) in [4.78, 5) is 31.4. The topological polar surface area (TPSA) is 76.5 Å². The average Bonchev–Trinajstić information content (AvgIpc) is 2.99. The number of fused-ring (bicyclic) bond motifs is 5. The van der Waals surface area contributed by atoms with Crippen LogP contribution in [0.4, 0.5) is 4.79 Å². The van der Waals surface area contributed by atoms with Gasteiger partial charge in [0.2, 0.25) is 0 Å². The lowest BCUT2D eigenvalue weighted by molar-refractivity contribution is -0.0170. The molecule has 1 aliphatic carbocycles. The zero-order valence-corrected chi connectivity index (χ0v) is 20.4. The summed E-state index contributed by atoms with van der Waals surface area (Å²) in [5, 5.41) is 3.64. The van der Waals surface area contributed by atoms with Crippen molar-refractivity contribution in [3.05, 3.63) is 39.8 Å². The molecule has 5 rings (SSSR count). The minimum absolute atomic E-state index is 0.0551. The Bertz CT molecular complexity index is 1090. The molecule has 3 aliphatic rings. The van der Waals surface area contributed by atoms with Crippen LogP contribution in [0.25, 0.3) is 11.3 Å². The van der Waals surface area contributed by atoms with Crippen LogP contribution in [0.5, 0.6) is 0 Å². The standard InChI is InChI=1S/C22H25ClN4O3.C2H6/c1-21(2,3)30-20(29)27-10-22(11-27)8-15-17(19(28)25-22)13-6-5-12-9-24-16(23)7-14(12)18(13)26(15)4;1-2/h7,9H,5-6,8,10-11H2,1-4H3,(H,25,28);1-2H3. The number of ether oxygens (including phenoxy) is 1. The van der Waals surface area contributed by atoms with Gasteiger partial charge in [0, 0.05) is 44.0 Å². The highest BCUT2D eigenvalue weighted by atomic mass is 35.5. The van der Waals surface area contributed by atoms with Gasteiger partial charge in [-0.1, -0.05) is 25.4 Å². The summed E-state index contributed by atoms with van der Waals surface area (Å²) >= 11 is 6.17. The van der Waals surface area contributed by atoms with Crippen molar-refractivity contribution in [2.24, 2.45) is 7.05 Å². The Balaban J connectivity index is 0.00000119. The lowest BCUT2D eigenvalue weighted by atomic mass is 9.80. The van der Waals surface area contributed by atoms with Gasteiger partial charge in [-0.05, 0) is 50.8 Å². The van der Waals surface area contributed by atoms with Gasteiger partial charge in [0.25, 0.3) is 5.91 Å². The number of hydrogen-bond donors (Lipinski definition) is 1. The van der Waals surface area contributed by atoms with Gasteiger partial charge in [-0.3, -0.25) is 4.79 Å². The van der Waals surface area contributed by atoms with E-state index < -0.39 is 11.1 Å². The molecule has 1 spiro atoms. The lowest BCUT2D eigenvalue weighted by Crippen LogP contribution is -2.74. The maximum Gasteiger partial charge on any atom is 0.410 e. The SMILES string of the molecule is CC.Cn1c2c(c3c1-c1cc(Cl)ncc1CC3)C(=O)NC1(C2)CN(C(=O)OC(C)(C)C)C1. The van der Waals surface area contributed by atoms with Crippen molar-refractivity contribution in [1.29, 1.82) is 0 Å². The van der Waals surface area contributed by atoms with Crippen LogP contribution >= 0.6 is 11.6 Å². The van der Waals surface area contributed by atoms with E-state index in [2.05, 4.69) is 14.9 Å². The number of pyridine rings is 1. The Morgan fingerprint density at radius 2 is 1.94 bits per heavy atom. The fourth-order valence-electron chi connectivity index (χ4n) is 5.00. The molecule has 0 radical (unpaired) electrons. The zero-order valence-electron chi connectivity index (χ0n) is 19.6. The fraction of sp³-hybridized carbons (Fsp3) is 0.542. The normalized spacial score (nSPS) is 17.8. The van der Waals surface area contributed by atoms with Gasteiger partial charge < -0.3 is 19.5 Å². The maximum absolute atomic E-state index is 13.2. The van der Waals surface area contributed by atoms with E-state index in [4.69, 9.17) is 16.3 Å². The zero-order chi connectivity index (χ0) is 23.4. The summed E-state index contributed by atoms with van der Waals surface area (Å²) in [7, 11) is 2.01. The number of aryl methyl sites for hydroxylation is 1. The Labute approximate surface area is 194 Å². The molecule has 0 atom stereocenters. The van der Waals surface area contributed by atoms with E-state index in [0.717, 1.165) is 46.5 Å². The molecule has 0 bridgehead atoms. The second-order valence-electron chi connectivity index (χ2n) is 9.62. The second kappa shape index (κ2) is 7.80. The molecule has 2 aromatic rings. The number of rotatable bonds is 0. The van der Waals surface area contributed by atoms with Gasteiger partial charge in [-0.15, -0.1) is 0 Å². The molecule has 8 heteroatoms. The van der Waals surface area contributed by atoms with Crippen LogP contribution in [0.1, 0.15) is 61.8 Å². The first-order chi connectivity index (χ1) is 15.1. The van der Waals surface area contributed by atoms with Gasteiger partial charge in [-0.25, -0.2) is 9.78 Å². The Kier molecular flexibility index (Phi) is 5.52. The molecule has 1 N–H and O–H groups in total. The predicted molar refractivity (Wildman–Crippen MR) is 124 cm³/mol. The van der Waals surface area contributed by atoms with Gasteiger partial charge in [0.05, 0.1) is 16.8 Å². The largest absolute Gasteiger partial charge is 0.444 e. The monoisotopic (exact) mass is 458 g/mol. The smallest absolute Gasteiger partial charge is 0.410 e. The summed E-state index contributed by atoms with van der Waals surface area (Å²) in [5.74, 6) is -0.0551. The first-order valence-electron chi connectivity index (χ1n) is 11.2. The molecular formula is C24H31ClN4O3. The van der Waals surface area contributed by atoms with Crippen LogP contribution in [0.3, 0.4) is 0 Å². The van der Waals surface area contributed by atoms with E-state index in [1.54, 1.807) is 4.90 Å². The molecule has 0 unspecified atom stereocenters. The number of nitrogens with zero attached hydrogens (tertiary/aromatic N) is 3. The highest BCUT2D eigenvalue weighted by Gasteiger charge is 2.52. The van der Waals surface area contributed by atoms with Crippen molar-refractivity contribution >= 4 is 23.6 Å². The van der Waals surface area contributed by atoms with E-state index in [-0.39, 0.29) is 12.0 Å². The van der Waals surface area contributed by atoms with Crippen molar-refractivity contribution in [3.8, 4) is 11.3 Å². The number of halogens is 1. The molecule has 1 saturated heterocycles. The number of aromatic nitrogens is 2. The molecule has 0 aromatic carbocycles. The third-order valence-corrected chi connectivity index (χ3v) is 6.43. The number of hydrogen-bond acceptors (Lipinski definition) is 4. The van der Waals surface area contributed by atoms with Crippen LogP contribution in [0, 0.1) is 0 Å². The quantitative estimate of drug-likeness (QED) is 0.602. The summed E-state index contributed by atoms with van der Waals surface area (Å²) in [6.07, 6.45) is 3.83. The molecule has 2 aliphatic heterocycles. The summed E-state index contributed by atoms with van der Waals surface area (Å²) in [6, 6.07) is 1.89.